The van der Waals surface area contributed by atoms with Gasteiger partial charge in [-0.05, 0) is 30.6 Å². The topological polar surface area (TPSA) is 61.8 Å². The Kier molecular flexibility index (Phi) is 9.34. The van der Waals surface area contributed by atoms with Crippen LogP contribution in [0.3, 0.4) is 0 Å². The highest BCUT2D eigenvalue weighted by Crippen LogP contribution is 2.27. The van der Waals surface area contributed by atoms with Gasteiger partial charge < -0.3 is 14.2 Å². The second-order valence-electron chi connectivity index (χ2n) is 8.86. The van der Waals surface area contributed by atoms with Crippen molar-refractivity contribution in [1.82, 2.24) is 0 Å². The van der Waals surface area contributed by atoms with Crippen LogP contribution in [0.25, 0.3) is 0 Å². The Balaban J connectivity index is 2.50. The first kappa shape index (κ1) is 22.7. The summed E-state index contributed by atoms with van der Waals surface area (Å²) in [6.07, 6.45) is 6.21. The Bertz CT molecular complexity index is 469. The van der Waals surface area contributed by atoms with E-state index in [4.69, 9.17) is 14.2 Å². The molecule has 0 saturated heterocycles. The molecule has 26 heavy (non-hydrogen) atoms. The van der Waals surface area contributed by atoms with Crippen LogP contribution in [0.4, 0.5) is 0 Å². The monoisotopic (exact) mass is 368 g/mol. The summed E-state index contributed by atoms with van der Waals surface area (Å²) in [5, 5.41) is 0. The maximum Gasteiger partial charge on any atom is 0.346 e. The molecule has 1 atom stereocenters. The summed E-state index contributed by atoms with van der Waals surface area (Å²) in [6, 6.07) is 0. The van der Waals surface area contributed by atoms with Crippen molar-refractivity contribution in [2.75, 3.05) is 6.61 Å². The lowest BCUT2D eigenvalue weighted by atomic mass is 9.91. The molecule has 0 bridgehead atoms. The van der Waals surface area contributed by atoms with Crippen molar-refractivity contribution in [3.63, 3.8) is 0 Å². The molecule has 0 aromatic heterocycles. The molecule has 1 aliphatic carbocycles. The van der Waals surface area contributed by atoms with Crippen molar-refractivity contribution in [3.8, 4) is 0 Å². The summed E-state index contributed by atoms with van der Waals surface area (Å²) in [4.78, 5) is 24.0. The molecule has 5 heteroatoms. The van der Waals surface area contributed by atoms with Crippen LogP contribution in [-0.2, 0) is 23.8 Å². The van der Waals surface area contributed by atoms with E-state index in [2.05, 4.69) is 27.4 Å². The van der Waals surface area contributed by atoms with E-state index in [1.807, 2.05) is 13.8 Å². The fourth-order valence-electron chi connectivity index (χ4n) is 3.02. The first-order chi connectivity index (χ1) is 12.1. The van der Waals surface area contributed by atoms with Crippen LogP contribution in [0.2, 0.25) is 0 Å². The number of hydrogen-bond donors (Lipinski definition) is 0. The minimum Gasteiger partial charge on any atom is -0.450 e. The fraction of sp³-hybridized carbons (Fsp3) is 0.810. The first-order valence-corrected chi connectivity index (χ1v) is 9.76. The number of carbonyl (C=O) groups excluding carboxylic acids is 2. The average Bonchev–Trinajstić information content (AvgIpc) is 2.51. The van der Waals surface area contributed by atoms with Gasteiger partial charge in [0.2, 0.25) is 6.29 Å². The maximum atomic E-state index is 12.1. The van der Waals surface area contributed by atoms with Gasteiger partial charge in [-0.3, -0.25) is 0 Å². The maximum absolute atomic E-state index is 12.1. The van der Waals surface area contributed by atoms with Gasteiger partial charge in [-0.15, -0.1) is 0 Å². The van der Waals surface area contributed by atoms with Gasteiger partial charge in [-0.1, -0.05) is 60.5 Å². The predicted octanol–water partition coefficient (Wildman–Crippen LogP) is 4.79. The highest BCUT2D eigenvalue weighted by molar-refractivity contribution is 5.89. The number of carbonyl (C=O) groups is 2. The number of ether oxygens (including phenoxy) is 3. The quantitative estimate of drug-likeness (QED) is 0.333. The normalized spacial score (nSPS) is 17.0. The van der Waals surface area contributed by atoms with E-state index in [1.54, 1.807) is 0 Å². The van der Waals surface area contributed by atoms with E-state index in [9.17, 15) is 9.59 Å². The third kappa shape index (κ3) is 9.95. The molecule has 0 aromatic rings. The lowest BCUT2D eigenvalue weighted by molar-refractivity contribution is -0.203. The van der Waals surface area contributed by atoms with Crippen LogP contribution < -0.4 is 0 Å². The van der Waals surface area contributed by atoms with Crippen molar-refractivity contribution in [3.05, 3.63) is 12.2 Å². The predicted molar refractivity (Wildman–Crippen MR) is 101 cm³/mol. The molecule has 1 unspecified atom stereocenters. The van der Waals surface area contributed by atoms with E-state index >= 15 is 0 Å². The lowest BCUT2D eigenvalue weighted by Gasteiger charge is -2.31. The molecule has 1 rings (SSSR count). The Morgan fingerprint density at radius 1 is 1.12 bits per heavy atom. The third-order valence-electron chi connectivity index (χ3n) is 4.20. The highest BCUT2D eigenvalue weighted by Gasteiger charge is 2.27. The van der Waals surface area contributed by atoms with Gasteiger partial charge in [0.1, 0.15) is 0 Å². The lowest BCUT2D eigenvalue weighted by Crippen LogP contribution is -2.33. The summed E-state index contributed by atoms with van der Waals surface area (Å²) in [5.74, 6) is -0.820. The largest absolute Gasteiger partial charge is 0.450 e. The molecule has 0 heterocycles. The van der Waals surface area contributed by atoms with E-state index in [0.717, 1.165) is 25.7 Å². The van der Waals surface area contributed by atoms with Gasteiger partial charge in [0.05, 0.1) is 6.10 Å². The Morgan fingerprint density at radius 3 is 2.27 bits per heavy atom. The Labute approximate surface area is 158 Å². The molecule has 150 valence electrons. The van der Waals surface area contributed by atoms with E-state index < -0.39 is 24.8 Å². The fourth-order valence-corrected chi connectivity index (χ4v) is 3.02. The Hall–Kier alpha value is -1.36. The smallest absolute Gasteiger partial charge is 0.346 e. The van der Waals surface area contributed by atoms with Crippen molar-refractivity contribution in [2.45, 2.75) is 92.0 Å². The molecular weight excluding hydrogens is 332 g/mol. The van der Waals surface area contributed by atoms with Crippen molar-refractivity contribution in [1.29, 1.82) is 0 Å². The minimum absolute atomic E-state index is 0.0398. The number of rotatable bonds is 9. The van der Waals surface area contributed by atoms with Crippen molar-refractivity contribution >= 4 is 11.9 Å². The highest BCUT2D eigenvalue weighted by atomic mass is 16.7. The molecule has 0 spiro atoms. The Morgan fingerprint density at radius 2 is 1.73 bits per heavy atom. The molecule has 0 N–H and O–H groups in total. The van der Waals surface area contributed by atoms with E-state index in [-0.39, 0.29) is 11.5 Å². The van der Waals surface area contributed by atoms with Crippen molar-refractivity contribution in [2.24, 2.45) is 11.3 Å². The summed E-state index contributed by atoms with van der Waals surface area (Å²) in [7, 11) is 0. The zero-order chi connectivity index (χ0) is 19.7. The van der Waals surface area contributed by atoms with E-state index in [1.165, 1.54) is 6.42 Å². The summed E-state index contributed by atoms with van der Waals surface area (Å²) in [5.41, 5.74) is 0.333. The van der Waals surface area contributed by atoms with E-state index in [0.29, 0.717) is 24.3 Å². The second kappa shape index (κ2) is 10.7. The van der Waals surface area contributed by atoms with Gasteiger partial charge in [0.25, 0.3) is 0 Å². The van der Waals surface area contributed by atoms with Crippen LogP contribution in [-0.4, -0.2) is 30.9 Å². The SMILES string of the molecule is C=C(CC(C)C)C(=O)OCC(=O)OC(CC(C)(C)C)OC1CCCCC1. The average molecular weight is 369 g/mol. The molecule has 0 amide bonds. The number of hydrogen-bond acceptors (Lipinski definition) is 5. The summed E-state index contributed by atoms with van der Waals surface area (Å²) in [6.45, 7) is 13.5. The number of esters is 2. The molecule has 1 fully saturated rings. The molecule has 1 saturated carbocycles. The molecule has 1 aliphatic rings. The van der Waals surface area contributed by atoms with Crippen LogP contribution >= 0.6 is 0 Å². The first-order valence-electron chi connectivity index (χ1n) is 9.76. The van der Waals surface area contributed by atoms with Crippen LogP contribution in [0.1, 0.15) is 79.6 Å². The standard InChI is InChI=1S/C21H36O5/c1-15(2)12-16(3)20(23)24-14-18(22)26-19(13-21(4,5)6)25-17-10-8-7-9-11-17/h15,17,19H,3,7-14H2,1-2,4-6H3. The zero-order valence-electron chi connectivity index (χ0n) is 17.1. The zero-order valence-corrected chi connectivity index (χ0v) is 17.1. The van der Waals surface area contributed by atoms with Crippen molar-refractivity contribution < 1.29 is 23.8 Å². The van der Waals surface area contributed by atoms with Gasteiger partial charge in [-0.2, -0.15) is 0 Å². The van der Waals surface area contributed by atoms with Gasteiger partial charge in [0, 0.05) is 12.0 Å². The van der Waals surface area contributed by atoms with Crippen LogP contribution in [0, 0.1) is 11.3 Å². The second-order valence-corrected chi connectivity index (χ2v) is 8.86. The molecule has 0 radical (unpaired) electrons. The van der Waals surface area contributed by atoms with Crippen LogP contribution in [0.5, 0.6) is 0 Å². The minimum atomic E-state index is -0.608. The summed E-state index contributed by atoms with van der Waals surface area (Å²) >= 11 is 0. The van der Waals surface area contributed by atoms with Crippen LogP contribution in [0.15, 0.2) is 12.2 Å². The van der Waals surface area contributed by atoms with Gasteiger partial charge in [0.15, 0.2) is 6.61 Å². The molecule has 0 aromatic carbocycles. The molecule has 0 aliphatic heterocycles. The summed E-state index contributed by atoms with van der Waals surface area (Å²) < 4.78 is 16.5. The van der Waals surface area contributed by atoms with Gasteiger partial charge in [-0.25, -0.2) is 9.59 Å². The van der Waals surface area contributed by atoms with Gasteiger partial charge >= 0.3 is 11.9 Å². The molecular formula is C21H36O5. The molecule has 5 nitrogen and oxygen atoms in total. The third-order valence-corrected chi connectivity index (χ3v) is 4.20.